The Bertz CT molecular complexity index is 568. The highest BCUT2D eigenvalue weighted by atomic mass is 19.1. The van der Waals surface area contributed by atoms with E-state index in [0.29, 0.717) is 11.8 Å². The van der Waals surface area contributed by atoms with E-state index in [1.165, 1.54) is 44.2 Å². The van der Waals surface area contributed by atoms with E-state index in [1.54, 1.807) is 12.1 Å². The molecule has 0 amide bonds. The van der Waals surface area contributed by atoms with Crippen LogP contribution in [0.5, 0.6) is 0 Å². The van der Waals surface area contributed by atoms with Gasteiger partial charge in [0.25, 0.3) is 0 Å². The summed E-state index contributed by atoms with van der Waals surface area (Å²) in [5.41, 5.74) is 12.5. The number of likely N-dealkylation sites (tertiary alicyclic amines) is 1. The van der Waals surface area contributed by atoms with Crippen molar-refractivity contribution in [1.82, 2.24) is 4.90 Å². The summed E-state index contributed by atoms with van der Waals surface area (Å²) in [5, 5.41) is 0. The summed E-state index contributed by atoms with van der Waals surface area (Å²) in [6, 6.07) is 7.26. The molecule has 0 spiro atoms. The zero-order chi connectivity index (χ0) is 17.6. The molecule has 0 unspecified atom stereocenters. The van der Waals surface area contributed by atoms with Crippen LogP contribution in [0.25, 0.3) is 0 Å². The van der Waals surface area contributed by atoms with Crippen LogP contribution >= 0.6 is 0 Å². The van der Waals surface area contributed by atoms with Crippen molar-refractivity contribution in [2.45, 2.75) is 51.0 Å². The Labute approximate surface area is 150 Å². The van der Waals surface area contributed by atoms with E-state index in [1.807, 2.05) is 12.1 Å². The lowest BCUT2D eigenvalue weighted by atomic mass is 9.83. The van der Waals surface area contributed by atoms with Crippen LogP contribution in [-0.2, 0) is 6.42 Å². The van der Waals surface area contributed by atoms with Crippen molar-refractivity contribution in [1.29, 1.82) is 0 Å². The third-order valence-electron chi connectivity index (χ3n) is 5.72. The summed E-state index contributed by atoms with van der Waals surface area (Å²) in [5.74, 6) is 1.30. The van der Waals surface area contributed by atoms with Crippen LogP contribution in [0.1, 0.15) is 44.1 Å². The van der Waals surface area contributed by atoms with Gasteiger partial charge in [-0.25, -0.2) is 9.38 Å². The van der Waals surface area contributed by atoms with E-state index < -0.39 is 0 Å². The first-order chi connectivity index (χ1) is 12.1. The highest BCUT2D eigenvalue weighted by Gasteiger charge is 2.29. The zero-order valence-corrected chi connectivity index (χ0v) is 15.0. The molecule has 0 bridgehead atoms. The molecule has 1 heterocycles. The number of nitrogens with zero attached hydrogens (tertiary/aromatic N) is 2. The molecule has 1 aromatic carbocycles. The zero-order valence-electron chi connectivity index (χ0n) is 15.0. The van der Waals surface area contributed by atoms with Gasteiger partial charge in [0.2, 0.25) is 0 Å². The maximum absolute atomic E-state index is 13.1. The molecule has 1 aliphatic heterocycles. The minimum atomic E-state index is -0.155. The monoisotopic (exact) mass is 346 g/mol. The van der Waals surface area contributed by atoms with E-state index in [9.17, 15) is 4.39 Å². The molecule has 1 saturated heterocycles. The van der Waals surface area contributed by atoms with Crippen LogP contribution < -0.4 is 11.5 Å². The van der Waals surface area contributed by atoms with Crippen LogP contribution in [0.15, 0.2) is 29.3 Å². The summed E-state index contributed by atoms with van der Waals surface area (Å²) in [6.07, 6.45) is 8.38. The Morgan fingerprint density at radius 3 is 2.60 bits per heavy atom. The van der Waals surface area contributed by atoms with Gasteiger partial charge in [0.1, 0.15) is 5.82 Å². The molecule has 4 nitrogen and oxygen atoms in total. The van der Waals surface area contributed by atoms with Crippen LogP contribution in [0.2, 0.25) is 0 Å². The highest BCUT2D eigenvalue weighted by Crippen LogP contribution is 2.29. The number of rotatable bonds is 5. The molecule has 1 saturated carbocycles. The van der Waals surface area contributed by atoms with Gasteiger partial charge in [-0.15, -0.1) is 0 Å². The molecule has 5 heteroatoms. The van der Waals surface area contributed by atoms with Crippen molar-refractivity contribution in [3.8, 4) is 0 Å². The Hall–Kier alpha value is -1.62. The predicted molar refractivity (Wildman–Crippen MR) is 101 cm³/mol. The van der Waals surface area contributed by atoms with Gasteiger partial charge in [0, 0.05) is 13.1 Å². The maximum atomic E-state index is 13.1. The summed E-state index contributed by atoms with van der Waals surface area (Å²) >= 11 is 0. The number of benzene rings is 1. The smallest absolute Gasteiger partial charge is 0.186 e. The van der Waals surface area contributed by atoms with Crippen molar-refractivity contribution in [2.75, 3.05) is 19.6 Å². The second-order valence-corrected chi connectivity index (χ2v) is 7.76. The Morgan fingerprint density at radius 2 is 1.84 bits per heavy atom. The summed E-state index contributed by atoms with van der Waals surface area (Å²) in [6.45, 7) is 3.40. The Balaban J connectivity index is 1.55. The van der Waals surface area contributed by atoms with E-state index in [-0.39, 0.29) is 17.8 Å². The molecular formula is C20H31FN4. The number of hydrogen-bond acceptors (Lipinski definition) is 2. The van der Waals surface area contributed by atoms with E-state index in [2.05, 4.69) is 9.89 Å². The number of halogens is 1. The lowest BCUT2D eigenvalue weighted by Crippen LogP contribution is -2.43. The molecule has 3 atom stereocenters. The Morgan fingerprint density at radius 1 is 1.08 bits per heavy atom. The second kappa shape index (κ2) is 8.65. The maximum Gasteiger partial charge on any atom is 0.186 e. The van der Waals surface area contributed by atoms with Gasteiger partial charge >= 0.3 is 0 Å². The molecule has 138 valence electrons. The van der Waals surface area contributed by atoms with Gasteiger partial charge in [-0.1, -0.05) is 25.0 Å². The lowest BCUT2D eigenvalue weighted by Gasteiger charge is -2.38. The average molecular weight is 346 g/mol. The van der Waals surface area contributed by atoms with Crippen LogP contribution in [0.3, 0.4) is 0 Å². The number of aliphatic imine (C=N–C) groups is 1. The van der Waals surface area contributed by atoms with Gasteiger partial charge in [0.15, 0.2) is 5.96 Å². The normalized spacial score (nSPS) is 27.8. The highest BCUT2D eigenvalue weighted by molar-refractivity contribution is 5.75. The fourth-order valence-electron chi connectivity index (χ4n) is 4.53. The minimum absolute atomic E-state index is 0.155. The van der Waals surface area contributed by atoms with Gasteiger partial charge < -0.3 is 16.4 Å². The largest absolute Gasteiger partial charge is 0.370 e. The van der Waals surface area contributed by atoms with Crippen LogP contribution in [0.4, 0.5) is 4.39 Å². The molecular weight excluding hydrogens is 315 g/mol. The van der Waals surface area contributed by atoms with Crippen molar-refractivity contribution in [2.24, 2.45) is 28.3 Å². The van der Waals surface area contributed by atoms with E-state index in [4.69, 9.17) is 11.5 Å². The molecule has 1 aliphatic carbocycles. The number of piperidine rings is 1. The lowest BCUT2D eigenvalue weighted by molar-refractivity contribution is 0.129. The van der Waals surface area contributed by atoms with Crippen molar-refractivity contribution >= 4 is 5.96 Å². The quantitative estimate of drug-likeness (QED) is 0.636. The molecule has 1 aromatic rings. The van der Waals surface area contributed by atoms with Gasteiger partial charge in [-0.2, -0.15) is 0 Å². The molecule has 2 fully saturated rings. The van der Waals surface area contributed by atoms with Crippen molar-refractivity contribution in [3.63, 3.8) is 0 Å². The first-order valence-electron chi connectivity index (χ1n) is 9.65. The third-order valence-corrected chi connectivity index (χ3v) is 5.72. The topological polar surface area (TPSA) is 67.6 Å². The van der Waals surface area contributed by atoms with Crippen molar-refractivity contribution in [3.05, 3.63) is 35.6 Å². The Kier molecular flexibility index (Phi) is 6.29. The van der Waals surface area contributed by atoms with Crippen LogP contribution in [-0.4, -0.2) is 36.5 Å². The fourth-order valence-corrected chi connectivity index (χ4v) is 4.53. The number of hydrogen-bond donors (Lipinski definition) is 2. The molecule has 2 aliphatic rings. The van der Waals surface area contributed by atoms with Crippen molar-refractivity contribution < 1.29 is 4.39 Å². The SMILES string of the molecule is NC(N)=N[C@@H]1CCCC[C@H]1CN1CCC[C@@H](Cc2ccc(F)cc2)C1. The molecule has 3 rings (SSSR count). The number of guanidine groups is 1. The average Bonchev–Trinajstić information content (AvgIpc) is 2.59. The first kappa shape index (κ1) is 18.2. The summed E-state index contributed by atoms with van der Waals surface area (Å²) < 4.78 is 13.1. The third kappa shape index (κ3) is 5.43. The summed E-state index contributed by atoms with van der Waals surface area (Å²) in [7, 11) is 0. The second-order valence-electron chi connectivity index (χ2n) is 7.76. The predicted octanol–water partition coefficient (Wildman–Crippen LogP) is 2.91. The standard InChI is InChI=1S/C20H31FN4/c21-18-9-7-15(8-10-18)12-16-4-3-11-25(13-16)14-17-5-1-2-6-19(17)24-20(22)23/h7-10,16-17,19H,1-6,11-14H2,(H4,22,23,24)/t16-,17-,19+/m0/s1. The van der Waals surface area contributed by atoms with Gasteiger partial charge in [-0.3, -0.25) is 0 Å². The minimum Gasteiger partial charge on any atom is -0.370 e. The van der Waals surface area contributed by atoms with Crippen LogP contribution in [0, 0.1) is 17.7 Å². The van der Waals surface area contributed by atoms with E-state index in [0.717, 1.165) is 25.9 Å². The van der Waals surface area contributed by atoms with E-state index >= 15 is 0 Å². The first-order valence-corrected chi connectivity index (χ1v) is 9.65. The van der Waals surface area contributed by atoms with Gasteiger partial charge in [0.05, 0.1) is 6.04 Å². The van der Waals surface area contributed by atoms with Gasteiger partial charge in [-0.05, 0) is 68.2 Å². The molecule has 25 heavy (non-hydrogen) atoms. The molecule has 0 aromatic heterocycles. The fraction of sp³-hybridized carbons (Fsp3) is 0.650. The summed E-state index contributed by atoms with van der Waals surface area (Å²) in [4.78, 5) is 7.09. The molecule has 0 radical (unpaired) electrons. The number of nitrogens with two attached hydrogens (primary N) is 2. The molecule has 4 N–H and O–H groups in total.